The molecular formula is C11H17N3O3S. The van der Waals surface area contributed by atoms with Crippen molar-refractivity contribution in [3.63, 3.8) is 0 Å². The third-order valence-corrected chi connectivity index (χ3v) is 3.57. The van der Waals surface area contributed by atoms with Crippen molar-refractivity contribution in [2.24, 2.45) is 0 Å². The van der Waals surface area contributed by atoms with Crippen LogP contribution in [-0.2, 0) is 9.53 Å². The Labute approximate surface area is 110 Å². The number of carbonyl (C=O) groups excluding carboxylic acids is 1. The minimum absolute atomic E-state index is 0.128. The van der Waals surface area contributed by atoms with Crippen LogP contribution >= 0.6 is 11.7 Å². The average Bonchev–Trinajstić information content (AvgIpc) is 2.84. The molecule has 1 aliphatic rings. The molecule has 0 bridgehead atoms. The van der Waals surface area contributed by atoms with E-state index < -0.39 is 5.97 Å². The molecule has 1 aliphatic heterocycles. The van der Waals surface area contributed by atoms with Crippen molar-refractivity contribution in [3.05, 3.63) is 0 Å². The van der Waals surface area contributed by atoms with Crippen LogP contribution in [0.4, 0.5) is 5.82 Å². The zero-order valence-corrected chi connectivity index (χ0v) is 11.4. The number of nitrogens with zero attached hydrogens (tertiary/aromatic N) is 3. The van der Waals surface area contributed by atoms with Crippen LogP contribution in [0.1, 0.15) is 26.2 Å². The molecule has 100 valence electrons. The summed E-state index contributed by atoms with van der Waals surface area (Å²) < 4.78 is 18.2. The second-order valence-corrected chi connectivity index (χ2v) is 4.82. The summed E-state index contributed by atoms with van der Waals surface area (Å²) in [5, 5.41) is 0. The van der Waals surface area contributed by atoms with E-state index in [9.17, 15) is 4.79 Å². The molecule has 7 heteroatoms. The molecule has 0 N–H and O–H groups in total. The average molecular weight is 271 g/mol. The van der Waals surface area contributed by atoms with Crippen molar-refractivity contribution in [2.45, 2.75) is 32.2 Å². The van der Waals surface area contributed by atoms with Gasteiger partial charge < -0.3 is 14.4 Å². The minimum Gasteiger partial charge on any atom is -0.466 e. The second kappa shape index (κ2) is 5.99. The molecule has 0 spiro atoms. The zero-order chi connectivity index (χ0) is 13.0. The fourth-order valence-corrected chi connectivity index (χ4v) is 2.55. The molecule has 1 saturated heterocycles. The van der Waals surface area contributed by atoms with Gasteiger partial charge in [0, 0.05) is 12.6 Å². The van der Waals surface area contributed by atoms with Crippen molar-refractivity contribution in [1.29, 1.82) is 0 Å². The zero-order valence-electron chi connectivity index (χ0n) is 10.6. The Hall–Kier alpha value is -1.37. The van der Waals surface area contributed by atoms with Crippen LogP contribution in [0.5, 0.6) is 5.88 Å². The SMILES string of the molecule is COC(=O)COc1nsnc1N1CCCCC1C. The van der Waals surface area contributed by atoms with Gasteiger partial charge in [-0.25, -0.2) is 4.79 Å². The molecule has 2 rings (SSSR count). The quantitative estimate of drug-likeness (QED) is 0.773. The molecule has 0 amide bonds. The lowest BCUT2D eigenvalue weighted by Gasteiger charge is -2.33. The van der Waals surface area contributed by atoms with Crippen LogP contribution in [0.3, 0.4) is 0 Å². The third kappa shape index (κ3) is 2.90. The van der Waals surface area contributed by atoms with Crippen molar-refractivity contribution < 1.29 is 14.3 Å². The largest absolute Gasteiger partial charge is 0.466 e. The Morgan fingerprint density at radius 3 is 3.06 bits per heavy atom. The highest BCUT2D eigenvalue weighted by molar-refractivity contribution is 6.99. The topological polar surface area (TPSA) is 64.5 Å². The molecular weight excluding hydrogens is 254 g/mol. The monoisotopic (exact) mass is 271 g/mol. The van der Waals surface area contributed by atoms with Gasteiger partial charge in [-0.3, -0.25) is 0 Å². The van der Waals surface area contributed by atoms with Crippen molar-refractivity contribution in [2.75, 3.05) is 25.2 Å². The lowest BCUT2D eigenvalue weighted by atomic mass is 10.0. The fraction of sp³-hybridized carbons (Fsp3) is 0.727. The van der Waals surface area contributed by atoms with E-state index in [1.54, 1.807) is 0 Å². The normalized spacial score (nSPS) is 19.7. The molecule has 1 unspecified atom stereocenters. The summed E-state index contributed by atoms with van der Waals surface area (Å²) in [6.45, 7) is 3.00. The molecule has 18 heavy (non-hydrogen) atoms. The van der Waals surface area contributed by atoms with Gasteiger partial charge in [-0.15, -0.1) is 4.37 Å². The van der Waals surface area contributed by atoms with Crippen molar-refractivity contribution in [3.8, 4) is 5.88 Å². The predicted molar refractivity (Wildman–Crippen MR) is 68.1 cm³/mol. The van der Waals surface area contributed by atoms with Gasteiger partial charge in [0.05, 0.1) is 18.8 Å². The van der Waals surface area contributed by atoms with E-state index in [-0.39, 0.29) is 6.61 Å². The number of aromatic nitrogens is 2. The van der Waals surface area contributed by atoms with E-state index in [1.807, 2.05) is 0 Å². The van der Waals surface area contributed by atoms with E-state index in [2.05, 4.69) is 25.3 Å². The van der Waals surface area contributed by atoms with Crippen LogP contribution in [-0.4, -0.2) is 41.0 Å². The number of rotatable bonds is 4. The Kier molecular flexibility index (Phi) is 4.35. The third-order valence-electron chi connectivity index (χ3n) is 3.07. The summed E-state index contributed by atoms with van der Waals surface area (Å²) in [6.07, 6.45) is 3.54. The number of esters is 1. The number of piperidine rings is 1. The highest BCUT2D eigenvalue weighted by Crippen LogP contribution is 2.30. The van der Waals surface area contributed by atoms with E-state index in [4.69, 9.17) is 4.74 Å². The van der Waals surface area contributed by atoms with Crippen LogP contribution in [0.25, 0.3) is 0 Å². The lowest BCUT2D eigenvalue weighted by molar-refractivity contribution is -0.142. The predicted octanol–water partition coefficient (Wildman–Crippen LogP) is 1.47. The number of anilines is 1. The Balaban J connectivity index is 2.04. The van der Waals surface area contributed by atoms with E-state index in [0.29, 0.717) is 11.9 Å². The van der Waals surface area contributed by atoms with Gasteiger partial charge in [0.1, 0.15) is 0 Å². The summed E-state index contributed by atoms with van der Waals surface area (Å²) in [7, 11) is 1.33. The molecule has 1 fully saturated rings. The molecule has 1 aromatic heterocycles. The van der Waals surface area contributed by atoms with Crippen molar-refractivity contribution in [1.82, 2.24) is 8.75 Å². The molecule has 6 nitrogen and oxygen atoms in total. The van der Waals surface area contributed by atoms with Crippen LogP contribution in [0.2, 0.25) is 0 Å². The number of ether oxygens (including phenoxy) is 2. The first-order valence-corrected chi connectivity index (χ1v) is 6.74. The number of methoxy groups -OCH3 is 1. The summed E-state index contributed by atoms with van der Waals surface area (Å²) in [5.74, 6) is 0.760. The van der Waals surface area contributed by atoms with Gasteiger partial charge in [-0.05, 0) is 26.2 Å². The van der Waals surface area contributed by atoms with Crippen LogP contribution < -0.4 is 9.64 Å². The summed E-state index contributed by atoms with van der Waals surface area (Å²) >= 11 is 1.10. The Morgan fingerprint density at radius 2 is 2.33 bits per heavy atom. The van der Waals surface area contributed by atoms with Crippen LogP contribution in [0, 0.1) is 0 Å². The maximum atomic E-state index is 11.1. The standard InChI is InChI=1S/C11H17N3O3S/c1-8-5-3-4-6-14(8)10-11(13-18-12-10)17-7-9(15)16-2/h8H,3-7H2,1-2H3. The first-order chi connectivity index (χ1) is 8.72. The number of carbonyl (C=O) groups is 1. The van der Waals surface area contributed by atoms with Gasteiger partial charge in [-0.2, -0.15) is 4.37 Å². The van der Waals surface area contributed by atoms with Gasteiger partial charge >= 0.3 is 5.97 Å². The van der Waals surface area contributed by atoms with Gasteiger partial charge in [-0.1, -0.05) is 0 Å². The van der Waals surface area contributed by atoms with Gasteiger partial charge in [0.2, 0.25) is 5.82 Å². The van der Waals surface area contributed by atoms with Gasteiger partial charge in [0.25, 0.3) is 5.88 Å². The molecule has 1 atom stereocenters. The van der Waals surface area contributed by atoms with E-state index in [0.717, 1.165) is 36.9 Å². The first-order valence-electron chi connectivity index (χ1n) is 6.01. The van der Waals surface area contributed by atoms with Crippen molar-refractivity contribution >= 4 is 23.5 Å². The Bertz CT molecular complexity index is 410. The fourth-order valence-electron chi connectivity index (χ4n) is 2.04. The van der Waals surface area contributed by atoms with E-state index >= 15 is 0 Å². The molecule has 0 aromatic carbocycles. The van der Waals surface area contributed by atoms with E-state index in [1.165, 1.54) is 13.5 Å². The highest BCUT2D eigenvalue weighted by atomic mass is 32.1. The molecule has 0 saturated carbocycles. The number of hydrogen-bond donors (Lipinski definition) is 0. The molecule has 1 aromatic rings. The molecule has 0 aliphatic carbocycles. The maximum absolute atomic E-state index is 11.1. The molecule has 2 heterocycles. The van der Waals surface area contributed by atoms with Crippen LogP contribution in [0.15, 0.2) is 0 Å². The summed E-state index contributed by atoms with van der Waals surface area (Å²) in [4.78, 5) is 13.2. The first kappa shape index (κ1) is 13.1. The minimum atomic E-state index is -0.416. The summed E-state index contributed by atoms with van der Waals surface area (Å²) in [6, 6.07) is 0.433. The summed E-state index contributed by atoms with van der Waals surface area (Å²) in [5.41, 5.74) is 0. The highest BCUT2D eigenvalue weighted by Gasteiger charge is 2.25. The number of hydrogen-bond acceptors (Lipinski definition) is 7. The van der Waals surface area contributed by atoms with Gasteiger partial charge in [0.15, 0.2) is 6.61 Å². The maximum Gasteiger partial charge on any atom is 0.343 e. The smallest absolute Gasteiger partial charge is 0.343 e. The Morgan fingerprint density at radius 1 is 1.50 bits per heavy atom. The second-order valence-electron chi connectivity index (χ2n) is 4.30. The molecule has 0 radical (unpaired) electrons. The lowest BCUT2D eigenvalue weighted by Crippen LogP contribution is -2.37.